The van der Waals surface area contributed by atoms with Gasteiger partial charge in [-0.1, -0.05) is 70.9 Å². The van der Waals surface area contributed by atoms with Gasteiger partial charge < -0.3 is 10.2 Å². The maximum Gasteiger partial charge on any atom is 0.131 e. The first-order chi connectivity index (χ1) is 18.2. The van der Waals surface area contributed by atoms with Crippen LogP contribution in [0, 0.1) is 0 Å². The summed E-state index contributed by atoms with van der Waals surface area (Å²) in [6, 6.07) is 12.1. The first-order valence-electron chi connectivity index (χ1n) is 14.1. The van der Waals surface area contributed by atoms with Gasteiger partial charge in [0, 0.05) is 21.5 Å². The smallest absolute Gasteiger partial charge is 0.131 e. The van der Waals surface area contributed by atoms with Crippen molar-refractivity contribution in [2.45, 2.75) is 92.9 Å². The van der Waals surface area contributed by atoms with Crippen LogP contribution in [0.25, 0.3) is 21.5 Å². The van der Waals surface area contributed by atoms with Crippen molar-refractivity contribution in [2.24, 2.45) is 0 Å². The fourth-order valence-corrected chi connectivity index (χ4v) is 4.94. The van der Waals surface area contributed by atoms with E-state index in [1.54, 1.807) is 0 Å². The minimum absolute atomic E-state index is 0.246. The average Bonchev–Trinajstić information content (AvgIpc) is 2.86. The highest BCUT2D eigenvalue weighted by Crippen LogP contribution is 2.42. The standard InChI is InChI=1S/C36H46O2/c1-25(2)11-7-13-27(5)15-9-17-29-19-21-31-33(23-29)36(38)34-24-30(20-22-32(34)35(31)37)18-10-16-28(6)14-8-12-26(3)4/h11-12,15-16,19-24,37-38H,7-10,13-14,17-18H2,1-6H3. The van der Waals surface area contributed by atoms with E-state index in [0.717, 1.165) is 62.1 Å². The Morgan fingerprint density at radius 3 is 1.32 bits per heavy atom. The second kappa shape index (κ2) is 14.0. The van der Waals surface area contributed by atoms with Crippen molar-refractivity contribution >= 4 is 21.5 Å². The number of hydrogen-bond acceptors (Lipinski definition) is 2. The van der Waals surface area contributed by atoms with Gasteiger partial charge in [-0.05, 0) is 116 Å². The van der Waals surface area contributed by atoms with Gasteiger partial charge >= 0.3 is 0 Å². The average molecular weight is 511 g/mol. The molecule has 3 rings (SSSR count). The van der Waals surface area contributed by atoms with E-state index in [9.17, 15) is 10.2 Å². The van der Waals surface area contributed by atoms with Crippen LogP contribution in [-0.4, -0.2) is 10.2 Å². The van der Waals surface area contributed by atoms with E-state index in [1.165, 1.54) is 33.4 Å². The number of hydrogen-bond donors (Lipinski definition) is 2. The quantitative estimate of drug-likeness (QED) is 0.144. The Morgan fingerprint density at radius 2 is 0.921 bits per heavy atom. The second-order valence-corrected chi connectivity index (χ2v) is 11.3. The topological polar surface area (TPSA) is 40.5 Å². The maximum atomic E-state index is 11.2. The largest absolute Gasteiger partial charge is 0.507 e. The van der Waals surface area contributed by atoms with Gasteiger partial charge in [-0.15, -0.1) is 0 Å². The van der Waals surface area contributed by atoms with Crippen molar-refractivity contribution in [2.75, 3.05) is 0 Å². The molecule has 2 heteroatoms. The molecule has 0 atom stereocenters. The van der Waals surface area contributed by atoms with Crippen molar-refractivity contribution in [3.8, 4) is 11.5 Å². The van der Waals surface area contributed by atoms with Crippen LogP contribution in [0.1, 0.15) is 91.2 Å². The van der Waals surface area contributed by atoms with Crippen molar-refractivity contribution in [1.29, 1.82) is 0 Å². The van der Waals surface area contributed by atoms with Gasteiger partial charge in [0.2, 0.25) is 0 Å². The van der Waals surface area contributed by atoms with Crippen LogP contribution >= 0.6 is 0 Å². The zero-order valence-electron chi connectivity index (χ0n) is 24.3. The zero-order chi connectivity index (χ0) is 27.7. The third-order valence-electron chi connectivity index (χ3n) is 7.22. The lowest BCUT2D eigenvalue weighted by molar-refractivity contribution is 0.478. The number of rotatable bonds is 12. The molecule has 0 amide bonds. The molecule has 0 heterocycles. The van der Waals surface area contributed by atoms with E-state index in [-0.39, 0.29) is 11.5 Å². The van der Waals surface area contributed by atoms with Gasteiger partial charge in [-0.25, -0.2) is 0 Å². The van der Waals surface area contributed by atoms with Crippen LogP contribution in [0.5, 0.6) is 11.5 Å². The van der Waals surface area contributed by atoms with Crippen molar-refractivity contribution in [1.82, 2.24) is 0 Å². The van der Waals surface area contributed by atoms with Crippen LogP contribution in [0.15, 0.2) is 83.0 Å². The second-order valence-electron chi connectivity index (χ2n) is 11.3. The van der Waals surface area contributed by atoms with E-state index in [1.807, 2.05) is 24.3 Å². The minimum atomic E-state index is 0.246. The SMILES string of the molecule is CC(C)=CCCC(C)=CCCc1ccc2c(O)c3ccc(CCC=C(C)CCC=C(C)C)cc3c(O)c2c1. The minimum Gasteiger partial charge on any atom is -0.507 e. The van der Waals surface area contributed by atoms with Gasteiger partial charge in [-0.3, -0.25) is 0 Å². The van der Waals surface area contributed by atoms with Crippen molar-refractivity contribution in [3.63, 3.8) is 0 Å². The molecular weight excluding hydrogens is 464 g/mol. The molecule has 0 spiro atoms. The molecule has 0 unspecified atom stereocenters. The van der Waals surface area contributed by atoms with Gasteiger partial charge in [0.05, 0.1) is 0 Å². The summed E-state index contributed by atoms with van der Waals surface area (Å²) in [7, 11) is 0. The third kappa shape index (κ3) is 8.38. The van der Waals surface area contributed by atoms with Gasteiger partial charge in [-0.2, -0.15) is 0 Å². The molecule has 0 aliphatic carbocycles. The van der Waals surface area contributed by atoms with Crippen molar-refractivity contribution < 1.29 is 10.2 Å². The first-order valence-corrected chi connectivity index (χ1v) is 14.1. The Bertz CT molecular complexity index is 1270. The van der Waals surface area contributed by atoms with Crippen LogP contribution in [0.3, 0.4) is 0 Å². The number of allylic oxidation sites excluding steroid dienone is 8. The monoisotopic (exact) mass is 510 g/mol. The predicted octanol–water partition coefficient (Wildman–Crippen LogP) is 10.7. The summed E-state index contributed by atoms with van der Waals surface area (Å²) in [4.78, 5) is 0. The van der Waals surface area contributed by atoms with Gasteiger partial charge in [0.15, 0.2) is 0 Å². The van der Waals surface area contributed by atoms with E-state index < -0.39 is 0 Å². The predicted molar refractivity (Wildman–Crippen MR) is 166 cm³/mol. The Hall–Kier alpha value is -3.26. The molecule has 0 aliphatic rings. The van der Waals surface area contributed by atoms with Gasteiger partial charge in [0.1, 0.15) is 11.5 Å². The Kier molecular flexibility index (Phi) is 10.8. The molecule has 202 valence electrons. The summed E-state index contributed by atoms with van der Waals surface area (Å²) in [5, 5.41) is 25.1. The number of fused-ring (bicyclic) bond motifs is 2. The number of aryl methyl sites for hydroxylation is 2. The summed E-state index contributed by atoms with van der Waals surface area (Å²) in [5.74, 6) is 0.509. The highest BCUT2D eigenvalue weighted by molar-refractivity contribution is 6.10. The summed E-state index contributed by atoms with van der Waals surface area (Å²) in [6.45, 7) is 13.0. The van der Waals surface area contributed by atoms with Crippen LogP contribution in [0.2, 0.25) is 0 Å². The maximum absolute atomic E-state index is 11.2. The molecule has 3 aromatic rings. The Balaban J connectivity index is 1.75. The molecule has 2 nitrogen and oxygen atoms in total. The van der Waals surface area contributed by atoms with E-state index in [2.05, 4.69) is 78.0 Å². The lowest BCUT2D eigenvalue weighted by Crippen LogP contribution is -1.89. The lowest BCUT2D eigenvalue weighted by Gasteiger charge is -2.12. The molecular formula is C36H46O2. The number of aromatic hydroxyl groups is 2. The fourth-order valence-electron chi connectivity index (χ4n) is 4.94. The van der Waals surface area contributed by atoms with Crippen LogP contribution in [0.4, 0.5) is 0 Å². The molecule has 0 radical (unpaired) electrons. The molecule has 0 saturated carbocycles. The zero-order valence-corrected chi connectivity index (χ0v) is 24.3. The van der Waals surface area contributed by atoms with Crippen LogP contribution in [-0.2, 0) is 12.8 Å². The van der Waals surface area contributed by atoms with E-state index >= 15 is 0 Å². The molecule has 0 fully saturated rings. The summed E-state index contributed by atoms with van der Waals surface area (Å²) in [6.07, 6.45) is 17.4. The Labute approximate surface area is 230 Å². The number of phenolic OH excluding ortho intramolecular Hbond substituents is 2. The lowest BCUT2D eigenvalue weighted by atomic mass is 9.95. The number of benzene rings is 3. The van der Waals surface area contributed by atoms with E-state index in [4.69, 9.17) is 0 Å². The molecule has 38 heavy (non-hydrogen) atoms. The van der Waals surface area contributed by atoms with Crippen LogP contribution < -0.4 is 0 Å². The van der Waals surface area contributed by atoms with Gasteiger partial charge in [0.25, 0.3) is 0 Å². The molecule has 0 aromatic heterocycles. The summed E-state index contributed by atoms with van der Waals surface area (Å²) in [5.41, 5.74) is 7.92. The molecule has 2 N–H and O–H groups in total. The van der Waals surface area contributed by atoms with E-state index in [0.29, 0.717) is 10.8 Å². The normalized spacial score (nSPS) is 12.3. The first kappa shape index (κ1) is 29.3. The number of phenols is 2. The fraction of sp³-hybridized carbons (Fsp3) is 0.389. The highest BCUT2D eigenvalue weighted by atomic mass is 16.3. The summed E-state index contributed by atoms with van der Waals surface area (Å²) < 4.78 is 0. The molecule has 0 saturated heterocycles. The molecule has 0 aliphatic heterocycles. The highest BCUT2D eigenvalue weighted by Gasteiger charge is 2.14. The third-order valence-corrected chi connectivity index (χ3v) is 7.22. The molecule has 0 bridgehead atoms. The Morgan fingerprint density at radius 1 is 0.526 bits per heavy atom. The summed E-state index contributed by atoms with van der Waals surface area (Å²) >= 11 is 0. The molecule has 3 aromatic carbocycles. The van der Waals surface area contributed by atoms with Crippen molar-refractivity contribution in [3.05, 3.63) is 94.1 Å².